The summed E-state index contributed by atoms with van der Waals surface area (Å²) in [7, 11) is 0. The van der Waals surface area contributed by atoms with Crippen molar-refractivity contribution >= 4 is 17.8 Å². The minimum absolute atomic E-state index is 0.0729. The summed E-state index contributed by atoms with van der Waals surface area (Å²) in [5.74, 6) is -0.714. The van der Waals surface area contributed by atoms with Gasteiger partial charge in [0.2, 0.25) is 11.9 Å². The topological polar surface area (TPSA) is 146 Å². The molecule has 0 saturated heterocycles. The van der Waals surface area contributed by atoms with Gasteiger partial charge in [0, 0.05) is 0 Å². The average Bonchev–Trinajstić information content (AvgIpc) is 1.77. The molecular formula is C7H16N6O. The molecule has 0 aromatic carbocycles. The van der Waals surface area contributed by atoms with Gasteiger partial charge in [-0.05, 0) is 13.8 Å². The molecule has 8 N–H and O–H groups in total. The van der Waals surface area contributed by atoms with Crippen LogP contribution in [0.3, 0.4) is 0 Å². The molecule has 0 aliphatic rings. The van der Waals surface area contributed by atoms with E-state index in [2.05, 4.69) is 9.98 Å². The third kappa shape index (κ3) is 5.81. The van der Waals surface area contributed by atoms with Gasteiger partial charge in [0.25, 0.3) is 0 Å². The lowest BCUT2D eigenvalue weighted by atomic mass is 10.0. The summed E-state index contributed by atoms with van der Waals surface area (Å²) in [6.45, 7) is 3.40. The Balaban J connectivity index is 4.61. The van der Waals surface area contributed by atoms with Gasteiger partial charge in [0.1, 0.15) is 0 Å². The molecule has 0 aliphatic heterocycles. The second-order valence-electron chi connectivity index (χ2n) is 3.46. The standard InChI is InChI=1S/C7H16N6O/c1-7(2,3-4(8)14)13-6(11)12-5(9)10/h3H2,1-2H3,(H2,8,14)(H6,9,10,11,12,13). The second kappa shape index (κ2) is 4.45. The number of primary amides is 1. The van der Waals surface area contributed by atoms with E-state index < -0.39 is 11.4 Å². The lowest BCUT2D eigenvalue weighted by molar-refractivity contribution is -0.118. The van der Waals surface area contributed by atoms with Gasteiger partial charge in [-0.2, -0.15) is 4.99 Å². The normalized spacial score (nSPS) is 12.3. The Labute approximate surface area is 82.2 Å². The van der Waals surface area contributed by atoms with Crippen molar-refractivity contribution in [1.29, 1.82) is 0 Å². The predicted molar refractivity (Wildman–Crippen MR) is 55.3 cm³/mol. The molecule has 0 fully saturated rings. The number of carbonyl (C=O) groups excluding carboxylic acids is 1. The van der Waals surface area contributed by atoms with Gasteiger partial charge in [0.15, 0.2) is 5.96 Å². The van der Waals surface area contributed by atoms with Crippen LogP contribution in [-0.2, 0) is 4.79 Å². The number of aliphatic imine (C=N–C) groups is 2. The fourth-order valence-electron chi connectivity index (χ4n) is 0.933. The number of rotatable bonds is 3. The van der Waals surface area contributed by atoms with Crippen molar-refractivity contribution in [3.63, 3.8) is 0 Å². The zero-order chi connectivity index (χ0) is 11.4. The molecular weight excluding hydrogens is 184 g/mol. The van der Waals surface area contributed by atoms with Crippen LogP contribution < -0.4 is 22.9 Å². The maximum Gasteiger partial charge on any atom is 0.219 e. The minimum Gasteiger partial charge on any atom is -0.370 e. The first-order valence-electron chi connectivity index (χ1n) is 3.96. The highest BCUT2D eigenvalue weighted by Crippen LogP contribution is 2.13. The number of guanidine groups is 2. The number of hydrogen-bond donors (Lipinski definition) is 4. The summed E-state index contributed by atoms with van der Waals surface area (Å²) >= 11 is 0. The van der Waals surface area contributed by atoms with Crippen LogP contribution in [0.4, 0.5) is 0 Å². The molecule has 7 heteroatoms. The average molecular weight is 200 g/mol. The summed E-state index contributed by atoms with van der Waals surface area (Å²) in [5, 5.41) is 0. The number of amides is 1. The monoisotopic (exact) mass is 200 g/mol. The third-order valence-electron chi connectivity index (χ3n) is 1.27. The molecule has 0 saturated carbocycles. The maximum atomic E-state index is 10.6. The lowest BCUT2D eigenvalue weighted by Crippen LogP contribution is -2.31. The van der Waals surface area contributed by atoms with E-state index in [1.54, 1.807) is 13.8 Å². The van der Waals surface area contributed by atoms with E-state index in [0.29, 0.717) is 0 Å². The quantitative estimate of drug-likeness (QED) is 0.315. The fourth-order valence-corrected chi connectivity index (χ4v) is 0.933. The molecule has 7 nitrogen and oxygen atoms in total. The van der Waals surface area contributed by atoms with Gasteiger partial charge in [-0.25, -0.2) is 4.99 Å². The zero-order valence-electron chi connectivity index (χ0n) is 8.32. The molecule has 14 heavy (non-hydrogen) atoms. The first-order valence-corrected chi connectivity index (χ1v) is 3.96. The summed E-state index contributed by atoms with van der Waals surface area (Å²) < 4.78 is 0. The Hall–Kier alpha value is -1.79. The molecule has 0 unspecified atom stereocenters. The van der Waals surface area contributed by atoms with E-state index in [1.165, 1.54) is 0 Å². The second-order valence-corrected chi connectivity index (χ2v) is 3.46. The number of nitrogens with zero attached hydrogens (tertiary/aromatic N) is 2. The number of nitrogens with two attached hydrogens (primary N) is 4. The first kappa shape index (κ1) is 12.2. The molecule has 1 amide bonds. The van der Waals surface area contributed by atoms with Crippen LogP contribution in [0.15, 0.2) is 9.98 Å². The molecule has 0 aromatic rings. The zero-order valence-corrected chi connectivity index (χ0v) is 8.32. The highest BCUT2D eigenvalue weighted by molar-refractivity contribution is 5.92. The molecule has 0 radical (unpaired) electrons. The van der Waals surface area contributed by atoms with Gasteiger partial charge in [0.05, 0.1) is 12.0 Å². The largest absolute Gasteiger partial charge is 0.370 e. The summed E-state index contributed by atoms with van der Waals surface area (Å²) in [4.78, 5) is 18.1. The maximum absolute atomic E-state index is 10.6. The van der Waals surface area contributed by atoms with Crippen LogP contribution >= 0.6 is 0 Å². The van der Waals surface area contributed by atoms with Crippen molar-refractivity contribution in [1.82, 2.24) is 0 Å². The molecule has 0 aromatic heterocycles. The summed E-state index contributed by atoms with van der Waals surface area (Å²) in [6, 6.07) is 0. The van der Waals surface area contributed by atoms with Crippen molar-refractivity contribution < 1.29 is 4.79 Å². The van der Waals surface area contributed by atoms with Crippen LogP contribution in [0.2, 0.25) is 0 Å². The van der Waals surface area contributed by atoms with Gasteiger partial charge < -0.3 is 22.9 Å². The molecule has 0 atom stereocenters. The molecule has 0 aliphatic carbocycles. The van der Waals surface area contributed by atoms with Crippen LogP contribution in [0.25, 0.3) is 0 Å². The van der Waals surface area contributed by atoms with Crippen molar-refractivity contribution in [2.75, 3.05) is 0 Å². The predicted octanol–water partition coefficient (Wildman–Crippen LogP) is -1.77. The van der Waals surface area contributed by atoms with Crippen LogP contribution in [0.5, 0.6) is 0 Å². The van der Waals surface area contributed by atoms with E-state index in [4.69, 9.17) is 22.9 Å². The summed E-state index contributed by atoms with van der Waals surface area (Å²) in [5.41, 5.74) is 19.9. The van der Waals surface area contributed by atoms with Gasteiger partial charge in [-0.15, -0.1) is 0 Å². The molecule has 80 valence electrons. The van der Waals surface area contributed by atoms with Crippen molar-refractivity contribution in [3.8, 4) is 0 Å². The van der Waals surface area contributed by atoms with Crippen LogP contribution in [0, 0.1) is 0 Å². The Morgan fingerprint density at radius 1 is 1.21 bits per heavy atom. The molecule has 0 heterocycles. The highest BCUT2D eigenvalue weighted by Gasteiger charge is 2.19. The number of hydrogen-bond acceptors (Lipinski definition) is 2. The Kier molecular flexibility index (Phi) is 3.88. The summed E-state index contributed by atoms with van der Waals surface area (Å²) in [6.07, 6.45) is 0.0771. The molecule has 0 rings (SSSR count). The Morgan fingerprint density at radius 3 is 2.07 bits per heavy atom. The third-order valence-corrected chi connectivity index (χ3v) is 1.27. The highest BCUT2D eigenvalue weighted by atomic mass is 16.1. The van der Waals surface area contributed by atoms with Crippen molar-refractivity contribution in [3.05, 3.63) is 0 Å². The number of carbonyl (C=O) groups is 1. The lowest BCUT2D eigenvalue weighted by Gasteiger charge is -2.17. The molecule has 0 bridgehead atoms. The van der Waals surface area contributed by atoms with E-state index in [-0.39, 0.29) is 18.3 Å². The van der Waals surface area contributed by atoms with Crippen molar-refractivity contribution in [2.24, 2.45) is 32.9 Å². The first-order chi connectivity index (χ1) is 6.23. The SMILES string of the molecule is CC(C)(CC(N)=O)N=C(N)N=C(N)N. The van der Waals surface area contributed by atoms with Gasteiger partial charge in [-0.3, -0.25) is 4.79 Å². The van der Waals surface area contributed by atoms with E-state index in [9.17, 15) is 4.79 Å². The van der Waals surface area contributed by atoms with Gasteiger partial charge >= 0.3 is 0 Å². The smallest absolute Gasteiger partial charge is 0.219 e. The van der Waals surface area contributed by atoms with Crippen LogP contribution in [-0.4, -0.2) is 23.4 Å². The Morgan fingerprint density at radius 2 is 1.71 bits per heavy atom. The fraction of sp³-hybridized carbons (Fsp3) is 0.571. The van der Waals surface area contributed by atoms with Crippen molar-refractivity contribution in [2.45, 2.75) is 25.8 Å². The Bertz CT molecular complexity index is 276. The van der Waals surface area contributed by atoms with E-state index >= 15 is 0 Å². The molecule has 0 spiro atoms. The van der Waals surface area contributed by atoms with Crippen LogP contribution in [0.1, 0.15) is 20.3 Å². The van der Waals surface area contributed by atoms with E-state index in [0.717, 1.165) is 0 Å². The van der Waals surface area contributed by atoms with E-state index in [1.807, 2.05) is 0 Å². The van der Waals surface area contributed by atoms with Gasteiger partial charge in [-0.1, -0.05) is 0 Å². The minimum atomic E-state index is -0.700.